The number of nitrogens with zero attached hydrogens (tertiary/aromatic N) is 2. The number of aromatic nitrogens is 1. The lowest BCUT2D eigenvalue weighted by Gasteiger charge is -2.38. The van der Waals surface area contributed by atoms with Crippen LogP contribution in [0.2, 0.25) is 0 Å². The molecule has 3 aliphatic rings. The van der Waals surface area contributed by atoms with E-state index >= 15 is 0 Å². The molecule has 1 spiro atoms. The predicted molar refractivity (Wildman–Crippen MR) is 89.8 cm³/mol. The van der Waals surface area contributed by atoms with E-state index in [1.807, 2.05) is 6.92 Å². The molecule has 25 heavy (non-hydrogen) atoms. The Kier molecular flexibility index (Phi) is 3.63. The van der Waals surface area contributed by atoms with Crippen molar-refractivity contribution in [3.63, 3.8) is 0 Å². The second kappa shape index (κ2) is 5.61. The average Bonchev–Trinajstić information content (AvgIpc) is 3.04. The molecule has 2 amide bonds. The van der Waals surface area contributed by atoms with Gasteiger partial charge in [-0.15, -0.1) is 0 Å². The molecular weight excluding hydrogens is 322 g/mol. The zero-order valence-corrected chi connectivity index (χ0v) is 14.7. The van der Waals surface area contributed by atoms with Crippen LogP contribution >= 0.6 is 0 Å². The molecule has 1 aromatic heterocycles. The van der Waals surface area contributed by atoms with E-state index in [9.17, 15) is 14.4 Å². The average molecular weight is 345 g/mol. The summed E-state index contributed by atoms with van der Waals surface area (Å²) in [6.45, 7) is 3.35. The molecule has 2 aliphatic heterocycles. The van der Waals surface area contributed by atoms with Crippen molar-refractivity contribution in [1.29, 1.82) is 0 Å². The van der Waals surface area contributed by atoms with Gasteiger partial charge in [-0.1, -0.05) is 0 Å². The fraction of sp³-hybridized carbons (Fsp3) is 0.611. The quantitative estimate of drug-likeness (QED) is 0.843. The van der Waals surface area contributed by atoms with Gasteiger partial charge in [0.25, 0.3) is 5.91 Å². The minimum atomic E-state index is -0.617. The van der Waals surface area contributed by atoms with Gasteiger partial charge in [0.1, 0.15) is 5.60 Å². The van der Waals surface area contributed by atoms with E-state index in [0.29, 0.717) is 37.2 Å². The maximum atomic E-state index is 13.2. The van der Waals surface area contributed by atoms with Gasteiger partial charge in [-0.3, -0.25) is 9.59 Å². The Bertz CT molecular complexity index is 769. The zero-order valence-electron chi connectivity index (χ0n) is 14.7. The van der Waals surface area contributed by atoms with E-state index in [4.69, 9.17) is 4.74 Å². The van der Waals surface area contributed by atoms with Crippen LogP contribution in [-0.2, 0) is 11.2 Å². The van der Waals surface area contributed by atoms with Gasteiger partial charge in [-0.2, -0.15) is 0 Å². The van der Waals surface area contributed by atoms with Gasteiger partial charge in [0.05, 0.1) is 24.2 Å². The number of likely N-dealkylation sites (N-methyl/N-ethyl adjacent to an activating group) is 1. The first-order valence-electron chi connectivity index (χ1n) is 8.88. The minimum Gasteiger partial charge on any atom is -0.439 e. The van der Waals surface area contributed by atoms with E-state index in [2.05, 4.69) is 4.98 Å². The Morgan fingerprint density at radius 3 is 2.72 bits per heavy atom. The van der Waals surface area contributed by atoms with E-state index in [0.717, 1.165) is 37.1 Å². The Morgan fingerprint density at radius 2 is 2.00 bits per heavy atom. The Balaban J connectivity index is 1.63. The highest BCUT2D eigenvalue weighted by Gasteiger charge is 2.48. The van der Waals surface area contributed by atoms with Crippen LogP contribution in [-0.4, -0.2) is 64.9 Å². The number of rotatable bonds is 1. The first-order valence-corrected chi connectivity index (χ1v) is 8.88. The van der Waals surface area contributed by atoms with E-state index in [-0.39, 0.29) is 17.8 Å². The fourth-order valence-corrected chi connectivity index (χ4v) is 4.44. The maximum Gasteiger partial charge on any atom is 0.410 e. The molecule has 4 rings (SSSR count). The molecule has 0 unspecified atom stereocenters. The van der Waals surface area contributed by atoms with Crippen LogP contribution in [0.25, 0.3) is 0 Å². The third-order valence-corrected chi connectivity index (χ3v) is 5.56. The van der Waals surface area contributed by atoms with Gasteiger partial charge in [-0.05, 0) is 32.6 Å². The molecule has 3 heterocycles. The number of piperidine rings is 1. The van der Waals surface area contributed by atoms with Crippen molar-refractivity contribution in [1.82, 2.24) is 14.8 Å². The van der Waals surface area contributed by atoms with Gasteiger partial charge in [0.15, 0.2) is 5.78 Å². The summed E-state index contributed by atoms with van der Waals surface area (Å²) in [5, 5.41) is 0. The first-order chi connectivity index (χ1) is 11.9. The molecular formula is C18H23N3O4. The number of carbonyl (C=O) groups excluding carboxylic acids is 3. The highest BCUT2D eigenvalue weighted by molar-refractivity contribution is 6.10. The van der Waals surface area contributed by atoms with Gasteiger partial charge < -0.3 is 19.5 Å². The van der Waals surface area contributed by atoms with Crippen molar-refractivity contribution in [2.24, 2.45) is 0 Å². The van der Waals surface area contributed by atoms with Crippen molar-refractivity contribution in [2.75, 3.05) is 26.7 Å². The fourth-order valence-electron chi connectivity index (χ4n) is 4.44. The van der Waals surface area contributed by atoms with Gasteiger partial charge in [0.2, 0.25) is 0 Å². The van der Waals surface area contributed by atoms with Gasteiger partial charge in [0, 0.05) is 31.4 Å². The third-order valence-electron chi connectivity index (χ3n) is 5.56. The van der Waals surface area contributed by atoms with Crippen molar-refractivity contribution in [3.05, 3.63) is 22.5 Å². The summed E-state index contributed by atoms with van der Waals surface area (Å²) in [5.41, 5.74) is 2.11. The standard InChI is InChI=1S/C18H23N3O4/c1-11-14(15-12(19-11)5-3-6-13(15)22)16(23)21-8-4-7-18(10-21)9-20(2)17(24)25-18/h19H,3-10H2,1-2H3/t18-/m0/s1. The number of carbonyl (C=O) groups is 3. The molecule has 134 valence electrons. The lowest BCUT2D eigenvalue weighted by molar-refractivity contribution is -0.00526. The number of fused-ring (bicyclic) bond motifs is 1. The topological polar surface area (TPSA) is 82.7 Å². The molecule has 2 fully saturated rings. The Labute approximate surface area is 146 Å². The van der Waals surface area contributed by atoms with Crippen LogP contribution in [0, 0.1) is 6.92 Å². The van der Waals surface area contributed by atoms with Crippen molar-refractivity contribution in [2.45, 2.75) is 44.6 Å². The summed E-state index contributed by atoms with van der Waals surface area (Å²) in [6, 6.07) is 0. The predicted octanol–water partition coefficient (Wildman–Crippen LogP) is 1.90. The number of likely N-dealkylation sites (tertiary alicyclic amines) is 1. The number of hydrogen-bond acceptors (Lipinski definition) is 4. The van der Waals surface area contributed by atoms with Crippen LogP contribution < -0.4 is 0 Å². The molecule has 1 atom stereocenters. The van der Waals surface area contributed by atoms with E-state index in [1.54, 1.807) is 16.8 Å². The van der Waals surface area contributed by atoms with Crippen molar-refractivity contribution < 1.29 is 19.1 Å². The van der Waals surface area contributed by atoms with Gasteiger partial charge >= 0.3 is 6.09 Å². The number of ketones is 1. The smallest absolute Gasteiger partial charge is 0.410 e. The molecule has 1 aromatic rings. The van der Waals surface area contributed by atoms with E-state index < -0.39 is 5.60 Å². The number of Topliss-reactive ketones (excluding diaryl/α,β-unsaturated/α-hetero) is 1. The summed E-state index contributed by atoms with van der Waals surface area (Å²) < 4.78 is 5.58. The summed E-state index contributed by atoms with van der Waals surface area (Å²) >= 11 is 0. The van der Waals surface area contributed by atoms with Gasteiger partial charge in [-0.25, -0.2) is 4.79 Å². The van der Waals surface area contributed by atoms with Crippen LogP contribution in [0.4, 0.5) is 4.79 Å². The molecule has 1 N–H and O–H groups in total. The number of nitrogens with one attached hydrogen (secondary N) is 1. The normalized spacial score (nSPS) is 26.2. The zero-order chi connectivity index (χ0) is 17.8. The monoisotopic (exact) mass is 345 g/mol. The summed E-state index contributed by atoms with van der Waals surface area (Å²) in [7, 11) is 1.71. The SMILES string of the molecule is Cc1[nH]c2c(c1C(=O)N1CCC[C@]3(CN(C)C(=O)O3)C1)C(=O)CCC2. The maximum absolute atomic E-state index is 13.2. The number of hydrogen-bond donors (Lipinski definition) is 1. The highest BCUT2D eigenvalue weighted by atomic mass is 16.6. The van der Waals surface area contributed by atoms with Crippen LogP contribution in [0.15, 0.2) is 0 Å². The molecule has 2 saturated heterocycles. The molecule has 1 aliphatic carbocycles. The number of H-pyrrole nitrogens is 1. The number of aromatic amines is 1. The largest absolute Gasteiger partial charge is 0.439 e. The molecule has 7 nitrogen and oxygen atoms in total. The molecule has 0 bridgehead atoms. The minimum absolute atomic E-state index is 0.0488. The molecule has 0 radical (unpaired) electrons. The van der Waals surface area contributed by atoms with Crippen LogP contribution in [0.1, 0.15) is 57.8 Å². The van der Waals surface area contributed by atoms with E-state index in [1.165, 1.54) is 0 Å². The van der Waals surface area contributed by atoms with Crippen LogP contribution in [0.5, 0.6) is 0 Å². The third kappa shape index (κ3) is 2.53. The number of ether oxygens (including phenoxy) is 1. The Morgan fingerprint density at radius 1 is 1.20 bits per heavy atom. The number of amides is 2. The summed E-state index contributed by atoms with van der Waals surface area (Å²) in [4.78, 5) is 43.9. The second-order valence-electron chi connectivity index (χ2n) is 7.49. The molecule has 7 heteroatoms. The first kappa shape index (κ1) is 16.2. The highest BCUT2D eigenvalue weighted by Crippen LogP contribution is 2.34. The molecule has 0 saturated carbocycles. The summed E-state index contributed by atoms with van der Waals surface area (Å²) in [5.74, 6) is -0.0809. The van der Waals surface area contributed by atoms with Crippen molar-refractivity contribution in [3.8, 4) is 0 Å². The lowest BCUT2D eigenvalue weighted by atomic mass is 9.90. The number of aryl methyl sites for hydroxylation is 2. The molecule has 0 aromatic carbocycles. The Hall–Kier alpha value is -2.31. The summed E-state index contributed by atoms with van der Waals surface area (Å²) in [6.07, 6.45) is 3.34. The van der Waals surface area contributed by atoms with Crippen LogP contribution in [0.3, 0.4) is 0 Å². The van der Waals surface area contributed by atoms with Crippen molar-refractivity contribution >= 4 is 17.8 Å². The second-order valence-corrected chi connectivity index (χ2v) is 7.49. The lowest BCUT2D eigenvalue weighted by Crippen LogP contribution is -2.52.